The summed E-state index contributed by atoms with van der Waals surface area (Å²) in [6.45, 7) is 1.22. The molecule has 0 bridgehead atoms. The molecule has 1 aromatic heterocycles. The lowest BCUT2D eigenvalue weighted by molar-refractivity contribution is -0.121. The summed E-state index contributed by atoms with van der Waals surface area (Å²) in [4.78, 5) is 21.6. The first-order valence-corrected chi connectivity index (χ1v) is 5.77. The molecule has 1 unspecified atom stereocenters. The molecular weight excluding hydrogens is 254 g/mol. The fourth-order valence-electron chi connectivity index (χ4n) is 1.70. The predicted octanol–water partition coefficient (Wildman–Crippen LogP) is -1.20. The number of thiocarbonyl (C=S) groups is 1. The Labute approximate surface area is 109 Å². The van der Waals surface area contributed by atoms with E-state index >= 15 is 0 Å². The van der Waals surface area contributed by atoms with Crippen LogP contribution in [0.15, 0.2) is 12.3 Å². The Bertz CT molecular complexity index is 481. The molecule has 2 rings (SSSR count). The van der Waals surface area contributed by atoms with E-state index in [0.29, 0.717) is 24.8 Å². The zero-order chi connectivity index (χ0) is 13.1. The molecule has 1 aliphatic heterocycles. The first-order chi connectivity index (χ1) is 8.59. The minimum atomic E-state index is -0.569. The van der Waals surface area contributed by atoms with Crippen LogP contribution in [0, 0.1) is 0 Å². The molecule has 1 saturated heterocycles. The van der Waals surface area contributed by atoms with Crippen molar-refractivity contribution in [3.63, 3.8) is 0 Å². The molecule has 1 aromatic rings. The molecule has 8 heteroatoms. The number of carbonyl (C=O) groups excluding carboxylic acids is 1. The standard InChI is InChI=1S/C10H13N5O2S/c11-8(16)7-5-17-4-3-15(7)10-13-2-1-6(14-10)9(12)18/h1-2,7H,3-5H2,(H2,11,16)(H2,12,18). The quantitative estimate of drug-likeness (QED) is 0.662. The molecule has 0 radical (unpaired) electrons. The van der Waals surface area contributed by atoms with Crippen LogP contribution in [0.2, 0.25) is 0 Å². The molecule has 4 N–H and O–H groups in total. The summed E-state index contributed by atoms with van der Waals surface area (Å²) >= 11 is 4.86. The van der Waals surface area contributed by atoms with Crippen LogP contribution in [0.25, 0.3) is 0 Å². The highest BCUT2D eigenvalue weighted by atomic mass is 32.1. The summed E-state index contributed by atoms with van der Waals surface area (Å²) in [7, 11) is 0. The van der Waals surface area contributed by atoms with Gasteiger partial charge in [0.05, 0.1) is 13.2 Å². The van der Waals surface area contributed by atoms with Crippen molar-refractivity contribution in [2.24, 2.45) is 11.5 Å². The summed E-state index contributed by atoms with van der Waals surface area (Å²) in [6.07, 6.45) is 1.55. The highest BCUT2D eigenvalue weighted by Gasteiger charge is 2.29. The molecule has 1 amide bonds. The lowest BCUT2D eigenvalue weighted by Gasteiger charge is -2.33. The Morgan fingerprint density at radius 2 is 2.33 bits per heavy atom. The van der Waals surface area contributed by atoms with Gasteiger partial charge in [-0.2, -0.15) is 0 Å². The minimum absolute atomic E-state index is 0.183. The maximum Gasteiger partial charge on any atom is 0.242 e. The van der Waals surface area contributed by atoms with Gasteiger partial charge < -0.3 is 21.1 Å². The number of nitrogens with zero attached hydrogens (tertiary/aromatic N) is 3. The van der Waals surface area contributed by atoms with Crippen molar-refractivity contribution in [1.29, 1.82) is 0 Å². The highest BCUT2D eigenvalue weighted by molar-refractivity contribution is 7.80. The summed E-state index contributed by atoms with van der Waals surface area (Å²) in [5, 5.41) is 0. The fourth-order valence-corrected chi connectivity index (χ4v) is 1.82. The zero-order valence-corrected chi connectivity index (χ0v) is 10.4. The third-order valence-corrected chi connectivity index (χ3v) is 2.82. The van der Waals surface area contributed by atoms with Crippen LogP contribution in [0.1, 0.15) is 5.69 Å². The van der Waals surface area contributed by atoms with Crippen LogP contribution in [-0.2, 0) is 9.53 Å². The minimum Gasteiger partial charge on any atom is -0.388 e. The van der Waals surface area contributed by atoms with Crippen molar-refractivity contribution in [2.45, 2.75) is 6.04 Å². The molecule has 1 aliphatic rings. The summed E-state index contributed by atoms with van der Waals surface area (Å²) < 4.78 is 5.22. The number of rotatable bonds is 3. The largest absolute Gasteiger partial charge is 0.388 e. The number of anilines is 1. The van der Waals surface area contributed by atoms with Crippen molar-refractivity contribution in [3.8, 4) is 0 Å². The van der Waals surface area contributed by atoms with Gasteiger partial charge in [-0.3, -0.25) is 4.79 Å². The molecule has 1 atom stereocenters. The normalized spacial score (nSPS) is 19.6. The Balaban J connectivity index is 2.30. The van der Waals surface area contributed by atoms with Gasteiger partial charge in [0, 0.05) is 12.7 Å². The van der Waals surface area contributed by atoms with E-state index in [9.17, 15) is 4.79 Å². The maximum atomic E-state index is 11.4. The van der Waals surface area contributed by atoms with Crippen molar-refractivity contribution in [2.75, 3.05) is 24.7 Å². The molecule has 0 aromatic carbocycles. The highest BCUT2D eigenvalue weighted by Crippen LogP contribution is 2.15. The molecule has 0 spiro atoms. The van der Waals surface area contributed by atoms with Gasteiger partial charge in [-0.05, 0) is 6.07 Å². The van der Waals surface area contributed by atoms with Gasteiger partial charge in [0.2, 0.25) is 11.9 Å². The van der Waals surface area contributed by atoms with Gasteiger partial charge in [0.1, 0.15) is 16.7 Å². The third kappa shape index (κ3) is 2.54. The first-order valence-electron chi connectivity index (χ1n) is 5.36. The number of hydrogen-bond acceptors (Lipinski definition) is 6. The van der Waals surface area contributed by atoms with Gasteiger partial charge in [-0.15, -0.1) is 0 Å². The predicted molar refractivity (Wildman–Crippen MR) is 69.1 cm³/mol. The van der Waals surface area contributed by atoms with Crippen LogP contribution in [-0.4, -0.2) is 46.7 Å². The maximum absolute atomic E-state index is 11.4. The van der Waals surface area contributed by atoms with Crippen LogP contribution in [0.3, 0.4) is 0 Å². The number of nitrogens with two attached hydrogens (primary N) is 2. The topological polar surface area (TPSA) is 107 Å². The molecule has 0 aliphatic carbocycles. The van der Waals surface area contributed by atoms with Gasteiger partial charge in [-0.1, -0.05) is 12.2 Å². The van der Waals surface area contributed by atoms with E-state index in [1.54, 1.807) is 17.2 Å². The van der Waals surface area contributed by atoms with Gasteiger partial charge in [-0.25, -0.2) is 9.97 Å². The molecule has 0 saturated carbocycles. The Morgan fingerprint density at radius 3 is 3.00 bits per heavy atom. The van der Waals surface area contributed by atoms with E-state index in [0.717, 1.165) is 0 Å². The van der Waals surface area contributed by atoms with E-state index in [1.807, 2.05) is 0 Å². The number of amides is 1. The van der Waals surface area contributed by atoms with Crippen molar-refractivity contribution < 1.29 is 9.53 Å². The average molecular weight is 267 g/mol. The van der Waals surface area contributed by atoms with Gasteiger partial charge >= 0.3 is 0 Å². The van der Waals surface area contributed by atoms with Gasteiger partial charge in [0.25, 0.3) is 0 Å². The zero-order valence-electron chi connectivity index (χ0n) is 9.57. The lowest BCUT2D eigenvalue weighted by Crippen LogP contribution is -2.53. The Morgan fingerprint density at radius 1 is 1.56 bits per heavy atom. The number of aromatic nitrogens is 2. The fraction of sp³-hybridized carbons (Fsp3) is 0.400. The molecule has 2 heterocycles. The number of carbonyl (C=O) groups is 1. The second-order valence-electron chi connectivity index (χ2n) is 3.79. The Kier molecular flexibility index (Phi) is 3.68. The molecule has 96 valence electrons. The first kappa shape index (κ1) is 12.7. The van der Waals surface area contributed by atoms with E-state index in [2.05, 4.69) is 9.97 Å². The molecule has 18 heavy (non-hydrogen) atoms. The molecular formula is C10H13N5O2S. The molecule has 1 fully saturated rings. The van der Waals surface area contributed by atoms with Crippen molar-refractivity contribution >= 4 is 29.1 Å². The number of hydrogen-bond donors (Lipinski definition) is 2. The van der Waals surface area contributed by atoms with E-state index < -0.39 is 11.9 Å². The number of morpholine rings is 1. The van der Waals surface area contributed by atoms with E-state index in [4.69, 9.17) is 28.4 Å². The van der Waals surface area contributed by atoms with Crippen LogP contribution >= 0.6 is 12.2 Å². The van der Waals surface area contributed by atoms with Gasteiger partial charge in [0.15, 0.2) is 0 Å². The Hall–Kier alpha value is -1.80. The second kappa shape index (κ2) is 5.23. The monoisotopic (exact) mass is 267 g/mol. The van der Waals surface area contributed by atoms with Crippen LogP contribution in [0.4, 0.5) is 5.95 Å². The summed E-state index contributed by atoms with van der Waals surface area (Å²) in [5.41, 5.74) is 11.3. The second-order valence-corrected chi connectivity index (χ2v) is 4.23. The van der Waals surface area contributed by atoms with E-state index in [1.165, 1.54) is 0 Å². The van der Waals surface area contributed by atoms with Crippen LogP contribution < -0.4 is 16.4 Å². The SMILES string of the molecule is NC(=O)C1COCCN1c1nccc(C(N)=S)n1. The third-order valence-electron chi connectivity index (χ3n) is 2.61. The molecule has 7 nitrogen and oxygen atoms in total. The van der Waals surface area contributed by atoms with Crippen LogP contribution in [0.5, 0.6) is 0 Å². The average Bonchev–Trinajstić information content (AvgIpc) is 2.39. The lowest BCUT2D eigenvalue weighted by atomic mass is 10.2. The number of primary amides is 1. The smallest absolute Gasteiger partial charge is 0.242 e. The van der Waals surface area contributed by atoms with Crippen molar-refractivity contribution in [1.82, 2.24) is 9.97 Å². The summed E-state index contributed by atoms with van der Waals surface area (Å²) in [5.74, 6) is -0.0913. The number of ether oxygens (including phenoxy) is 1. The summed E-state index contributed by atoms with van der Waals surface area (Å²) in [6, 6.07) is 1.05. The van der Waals surface area contributed by atoms with Crippen molar-refractivity contribution in [3.05, 3.63) is 18.0 Å². The van der Waals surface area contributed by atoms with E-state index in [-0.39, 0.29) is 11.6 Å².